The first kappa shape index (κ1) is 13.9. The highest BCUT2D eigenvalue weighted by Crippen LogP contribution is 2.39. The number of carboxylic acids is 1. The van der Waals surface area contributed by atoms with Gasteiger partial charge in [-0.15, -0.1) is 0 Å². The molecule has 3 atom stereocenters. The quantitative estimate of drug-likeness (QED) is 0.797. The van der Waals surface area contributed by atoms with Crippen LogP contribution in [0.3, 0.4) is 0 Å². The molecule has 5 nitrogen and oxygen atoms in total. The second-order valence-corrected chi connectivity index (χ2v) is 5.31. The van der Waals surface area contributed by atoms with E-state index in [-0.39, 0.29) is 30.6 Å². The lowest BCUT2D eigenvalue weighted by Crippen LogP contribution is -2.54. The van der Waals surface area contributed by atoms with Gasteiger partial charge in [0.15, 0.2) is 0 Å². The van der Waals surface area contributed by atoms with Crippen molar-refractivity contribution in [3.63, 3.8) is 0 Å². The molecule has 1 saturated carbocycles. The molecule has 0 spiro atoms. The van der Waals surface area contributed by atoms with E-state index in [0.717, 1.165) is 25.7 Å². The van der Waals surface area contributed by atoms with Crippen molar-refractivity contribution in [3.05, 3.63) is 12.7 Å². The van der Waals surface area contributed by atoms with Gasteiger partial charge in [-0.2, -0.15) is 0 Å². The van der Waals surface area contributed by atoms with Gasteiger partial charge in [-0.3, -0.25) is 4.79 Å². The SMILES string of the molecule is C=CCOC(=O)N1CCC(C(=O)O)C2CCCCC21. The molecular formula is C14H21NO4. The molecule has 19 heavy (non-hydrogen) atoms. The number of carbonyl (C=O) groups is 2. The van der Waals surface area contributed by atoms with Crippen molar-refractivity contribution in [1.82, 2.24) is 4.90 Å². The van der Waals surface area contributed by atoms with Crippen molar-refractivity contribution in [1.29, 1.82) is 0 Å². The van der Waals surface area contributed by atoms with E-state index in [1.807, 2.05) is 0 Å². The van der Waals surface area contributed by atoms with Crippen LogP contribution >= 0.6 is 0 Å². The Morgan fingerprint density at radius 1 is 1.32 bits per heavy atom. The summed E-state index contributed by atoms with van der Waals surface area (Å²) in [4.78, 5) is 25.0. The summed E-state index contributed by atoms with van der Waals surface area (Å²) in [6.45, 7) is 4.20. The number of amides is 1. The zero-order valence-electron chi connectivity index (χ0n) is 11.1. The molecule has 1 heterocycles. The number of carboxylic acid groups (broad SMARTS) is 1. The summed E-state index contributed by atoms with van der Waals surface area (Å²) in [5.74, 6) is -0.957. The first-order valence-electron chi connectivity index (χ1n) is 6.92. The predicted octanol–water partition coefficient (Wildman–Crippen LogP) is 2.27. The summed E-state index contributed by atoms with van der Waals surface area (Å²) in [5.41, 5.74) is 0. The van der Waals surface area contributed by atoms with E-state index in [9.17, 15) is 14.7 Å². The van der Waals surface area contributed by atoms with Crippen LogP contribution in [0.25, 0.3) is 0 Å². The van der Waals surface area contributed by atoms with Gasteiger partial charge >= 0.3 is 12.1 Å². The Bertz CT molecular complexity index is 368. The third-order valence-corrected chi connectivity index (χ3v) is 4.26. The number of fused-ring (bicyclic) bond motifs is 1. The lowest BCUT2D eigenvalue weighted by atomic mass is 9.72. The average molecular weight is 267 g/mol. The third-order valence-electron chi connectivity index (χ3n) is 4.26. The van der Waals surface area contributed by atoms with Crippen molar-refractivity contribution < 1.29 is 19.4 Å². The van der Waals surface area contributed by atoms with Crippen LogP contribution in [-0.4, -0.2) is 41.3 Å². The van der Waals surface area contributed by atoms with E-state index >= 15 is 0 Å². The number of hydrogen-bond donors (Lipinski definition) is 1. The molecule has 2 fully saturated rings. The fourth-order valence-electron chi connectivity index (χ4n) is 3.40. The van der Waals surface area contributed by atoms with Gasteiger partial charge < -0.3 is 14.7 Å². The average Bonchev–Trinajstić information content (AvgIpc) is 2.43. The maximum absolute atomic E-state index is 12.0. The summed E-state index contributed by atoms with van der Waals surface area (Å²) in [6.07, 6.45) is 5.63. The van der Waals surface area contributed by atoms with Crippen LogP contribution in [0.15, 0.2) is 12.7 Å². The lowest BCUT2D eigenvalue weighted by molar-refractivity contribution is -0.148. The maximum Gasteiger partial charge on any atom is 0.410 e. The van der Waals surface area contributed by atoms with Gasteiger partial charge in [0.05, 0.1) is 5.92 Å². The summed E-state index contributed by atoms with van der Waals surface area (Å²) in [5, 5.41) is 9.30. The molecule has 1 N–H and O–H groups in total. The van der Waals surface area contributed by atoms with Gasteiger partial charge in [0.1, 0.15) is 6.61 Å². The molecular weight excluding hydrogens is 246 g/mol. The third kappa shape index (κ3) is 2.91. The van der Waals surface area contributed by atoms with Gasteiger partial charge in [0.2, 0.25) is 0 Å². The van der Waals surface area contributed by atoms with Crippen LogP contribution in [0.1, 0.15) is 32.1 Å². The number of aliphatic carboxylic acids is 1. The zero-order chi connectivity index (χ0) is 13.8. The molecule has 0 bridgehead atoms. The van der Waals surface area contributed by atoms with Crippen LogP contribution in [-0.2, 0) is 9.53 Å². The number of hydrogen-bond acceptors (Lipinski definition) is 3. The van der Waals surface area contributed by atoms with E-state index in [4.69, 9.17) is 4.74 Å². The summed E-state index contributed by atoms with van der Waals surface area (Å²) in [7, 11) is 0. The molecule has 0 aromatic heterocycles. The molecule has 106 valence electrons. The van der Waals surface area contributed by atoms with E-state index in [0.29, 0.717) is 13.0 Å². The number of ether oxygens (including phenoxy) is 1. The van der Waals surface area contributed by atoms with E-state index in [1.165, 1.54) is 0 Å². The van der Waals surface area contributed by atoms with Crippen LogP contribution < -0.4 is 0 Å². The van der Waals surface area contributed by atoms with E-state index in [2.05, 4.69) is 6.58 Å². The van der Waals surface area contributed by atoms with Crippen LogP contribution in [0.2, 0.25) is 0 Å². The smallest absolute Gasteiger partial charge is 0.410 e. The van der Waals surface area contributed by atoms with Crippen LogP contribution in [0.5, 0.6) is 0 Å². The summed E-state index contributed by atoms with van der Waals surface area (Å²) < 4.78 is 5.10. The van der Waals surface area contributed by atoms with Crippen LogP contribution in [0, 0.1) is 11.8 Å². The maximum atomic E-state index is 12.0. The molecule has 0 aromatic carbocycles. The monoisotopic (exact) mass is 267 g/mol. The Hall–Kier alpha value is -1.52. The molecule has 0 aromatic rings. The minimum absolute atomic E-state index is 0.0286. The van der Waals surface area contributed by atoms with Crippen molar-refractivity contribution in [2.45, 2.75) is 38.1 Å². The van der Waals surface area contributed by atoms with E-state index < -0.39 is 5.97 Å². The molecule has 5 heteroatoms. The van der Waals surface area contributed by atoms with Crippen molar-refractivity contribution in [2.75, 3.05) is 13.2 Å². The van der Waals surface area contributed by atoms with Gasteiger partial charge in [0, 0.05) is 12.6 Å². The molecule has 1 amide bonds. The molecule has 1 aliphatic carbocycles. The first-order chi connectivity index (χ1) is 9.15. The molecule has 1 aliphatic heterocycles. The normalized spacial score (nSPS) is 30.3. The minimum Gasteiger partial charge on any atom is -0.481 e. The largest absolute Gasteiger partial charge is 0.481 e. The van der Waals surface area contributed by atoms with Gasteiger partial charge in [0.25, 0.3) is 0 Å². The Kier molecular flexibility index (Phi) is 4.45. The van der Waals surface area contributed by atoms with E-state index in [1.54, 1.807) is 11.0 Å². The second-order valence-electron chi connectivity index (χ2n) is 5.31. The topological polar surface area (TPSA) is 66.8 Å². The van der Waals surface area contributed by atoms with Crippen molar-refractivity contribution in [2.24, 2.45) is 11.8 Å². The summed E-state index contributed by atoms with van der Waals surface area (Å²) >= 11 is 0. The molecule has 2 aliphatic rings. The van der Waals surface area contributed by atoms with Crippen LogP contribution in [0.4, 0.5) is 4.79 Å². The molecule has 0 radical (unpaired) electrons. The molecule has 3 unspecified atom stereocenters. The zero-order valence-corrected chi connectivity index (χ0v) is 11.1. The Morgan fingerprint density at radius 2 is 2.05 bits per heavy atom. The molecule has 1 saturated heterocycles. The number of rotatable bonds is 3. The minimum atomic E-state index is -0.726. The van der Waals surface area contributed by atoms with Crippen molar-refractivity contribution >= 4 is 12.1 Å². The Labute approximate surface area is 113 Å². The fourth-order valence-corrected chi connectivity index (χ4v) is 3.40. The highest BCUT2D eigenvalue weighted by molar-refractivity contribution is 5.72. The predicted molar refractivity (Wildman–Crippen MR) is 69.7 cm³/mol. The first-order valence-corrected chi connectivity index (χ1v) is 6.92. The highest BCUT2D eigenvalue weighted by atomic mass is 16.6. The fraction of sp³-hybridized carbons (Fsp3) is 0.714. The second kappa shape index (κ2) is 6.08. The Morgan fingerprint density at radius 3 is 2.74 bits per heavy atom. The summed E-state index contributed by atoms with van der Waals surface area (Å²) in [6, 6.07) is 0.0286. The van der Waals surface area contributed by atoms with Gasteiger partial charge in [-0.1, -0.05) is 25.5 Å². The number of likely N-dealkylation sites (tertiary alicyclic amines) is 1. The number of carbonyl (C=O) groups excluding carboxylic acids is 1. The lowest BCUT2D eigenvalue weighted by Gasteiger charge is -2.46. The Balaban J connectivity index is 2.08. The standard InChI is InChI=1S/C14H21NO4/c1-2-9-19-14(18)15-8-7-11(13(16)17)10-5-3-4-6-12(10)15/h2,10-12H,1,3-9H2,(H,16,17). The highest BCUT2D eigenvalue weighted by Gasteiger charge is 2.44. The number of piperidine rings is 1. The number of nitrogens with zero attached hydrogens (tertiary/aromatic N) is 1. The van der Waals surface area contributed by atoms with Gasteiger partial charge in [-0.25, -0.2) is 4.79 Å². The molecule has 2 rings (SSSR count). The van der Waals surface area contributed by atoms with Crippen molar-refractivity contribution in [3.8, 4) is 0 Å². The van der Waals surface area contributed by atoms with Gasteiger partial charge in [-0.05, 0) is 25.2 Å².